The molecule has 0 radical (unpaired) electrons. The van der Waals surface area contributed by atoms with Crippen LogP contribution in [0.3, 0.4) is 0 Å². The predicted molar refractivity (Wildman–Crippen MR) is 76.4 cm³/mol. The Balaban J connectivity index is 2.03. The summed E-state index contributed by atoms with van der Waals surface area (Å²) in [7, 11) is 3.72. The molecule has 0 spiro atoms. The normalized spacial score (nSPS) is 10.2. The molecule has 0 unspecified atom stereocenters. The molecular formula is C13H15N5O3. The number of aromatic nitrogens is 3. The molecule has 0 aliphatic heterocycles. The first-order valence-corrected chi connectivity index (χ1v) is 6.14. The highest BCUT2D eigenvalue weighted by molar-refractivity contribution is 6.04. The van der Waals surface area contributed by atoms with Gasteiger partial charge in [0.1, 0.15) is 12.4 Å². The number of hydrogen-bond acceptors (Lipinski definition) is 5. The molecule has 2 rings (SSSR count). The average Bonchev–Trinajstić information content (AvgIpc) is 2.85. The molecule has 110 valence electrons. The summed E-state index contributed by atoms with van der Waals surface area (Å²) in [4.78, 5) is 28.5. The van der Waals surface area contributed by atoms with Crippen LogP contribution in [0.1, 0.15) is 10.4 Å². The van der Waals surface area contributed by atoms with Gasteiger partial charge in [-0.1, -0.05) is 0 Å². The number of amides is 1. The van der Waals surface area contributed by atoms with Crippen molar-refractivity contribution < 1.29 is 14.7 Å². The van der Waals surface area contributed by atoms with Gasteiger partial charge in [-0.05, 0) is 12.1 Å². The summed E-state index contributed by atoms with van der Waals surface area (Å²) >= 11 is 0. The van der Waals surface area contributed by atoms with Gasteiger partial charge in [-0.25, -0.2) is 4.98 Å². The SMILES string of the molecule is CN(C)c1ccc(C(=O)Nc2cnn(CC(=O)O)c2)cn1. The Morgan fingerprint density at radius 2 is 2.10 bits per heavy atom. The van der Waals surface area contributed by atoms with Gasteiger partial charge in [-0.15, -0.1) is 0 Å². The summed E-state index contributed by atoms with van der Waals surface area (Å²) in [6.45, 7) is -0.255. The van der Waals surface area contributed by atoms with Crippen molar-refractivity contribution in [3.8, 4) is 0 Å². The number of carboxylic acid groups (broad SMARTS) is 1. The van der Waals surface area contributed by atoms with Crippen LogP contribution >= 0.6 is 0 Å². The Bertz CT molecular complexity index is 648. The van der Waals surface area contributed by atoms with Crippen LogP contribution in [0, 0.1) is 0 Å². The zero-order valence-corrected chi connectivity index (χ0v) is 11.6. The first-order valence-electron chi connectivity index (χ1n) is 6.14. The molecule has 0 aliphatic rings. The van der Waals surface area contributed by atoms with E-state index in [0.29, 0.717) is 11.3 Å². The predicted octanol–water partition coefficient (Wildman–Crippen LogP) is 0.681. The molecule has 0 saturated carbocycles. The van der Waals surface area contributed by atoms with Crippen LogP contribution < -0.4 is 10.2 Å². The van der Waals surface area contributed by atoms with E-state index in [0.717, 1.165) is 5.82 Å². The molecule has 8 heteroatoms. The van der Waals surface area contributed by atoms with Gasteiger partial charge in [0.25, 0.3) is 5.91 Å². The van der Waals surface area contributed by atoms with Crippen LogP contribution in [-0.2, 0) is 11.3 Å². The van der Waals surface area contributed by atoms with Crippen LogP contribution in [0.5, 0.6) is 0 Å². The highest BCUT2D eigenvalue weighted by atomic mass is 16.4. The largest absolute Gasteiger partial charge is 0.480 e. The van der Waals surface area contributed by atoms with Crippen molar-refractivity contribution in [1.82, 2.24) is 14.8 Å². The lowest BCUT2D eigenvalue weighted by Crippen LogP contribution is -2.14. The number of carbonyl (C=O) groups is 2. The fraction of sp³-hybridized carbons (Fsp3) is 0.231. The highest BCUT2D eigenvalue weighted by Crippen LogP contribution is 2.11. The molecule has 2 aromatic heterocycles. The fourth-order valence-corrected chi connectivity index (χ4v) is 1.64. The van der Waals surface area contributed by atoms with Gasteiger partial charge in [-0.2, -0.15) is 5.10 Å². The Hall–Kier alpha value is -2.90. The summed E-state index contributed by atoms with van der Waals surface area (Å²) in [6.07, 6.45) is 4.32. The average molecular weight is 289 g/mol. The minimum absolute atomic E-state index is 0.255. The number of nitrogens with zero attached hydrogens (tertiary/aromatic N) is 4. The van der Waals surface area contributed by atoms with E-state index >= 15 is 0 Å². The standard InChI is InChI=1S/C13H15N5O3/c1-17(2)11-4-3-9(5-14-11)13(21)16-10-6-15-18(7-10)8-12(19)20/h3-7H,8H2,1-2H3,(H,16,21)(H,19,20). The maximum absolute atomic E-state index is 12.0. The minimum atomic E-state index is -1.00. The van der Waals surface area contributed by atoms with E-state index in [1.807, 2.05) is 19.0 Å². The quantitative estimate of drug-likeness (QED) is 0.839. The second-order valence-corrected chi connectivity index (χ2v) is 4.57. The van der Waals surface area contributed by atoms with Gasteiger partial charge >= 0.3 is 5.97 Å². The molecule has 8 nitrogen and oxygen atoms in total. The lowest BCUT2D eigenvalue weighted by Gasteiger charge is -2.10. The lowest BCUT2D eigenvalue weighted by molar-refractivity contribution is -0.137. The summed E-state index contributed by atoms with van der Waals surface area (Å²) in [5.74, 6) is -0.581. The van der Waals surface area contributed by atoms with E-state index < -0.39 is 5.97 Å². The van der Waals surface area contributed by atoms with Crippen molar-refractivity contribution in [2.75, 3.05) is 24.3 Å². The topological polar surface area (TPSA) is 100 Å². The van der Waals surface area contributed by atoms with Gasteiger partial charge in [0.05, 0.1) is 17.4 Å². The van der Waals surface area contributed by atoms with E-state index in [4.69, 9.17) is 5.11 Å². The molecule has 0 bridgehead atoms. The maximum Gasteiger partial charge on any atom is 0.325 e. The van der Waals surface area contributed by atoms with Crippen molar-refractivity contribution in [1.29, 1.82) is 0 Å². The van der Waals surface area contributed by atoms with E-state index in [1.54, 1.807) is 12.1 Å². The number of rotatable bonds is 5. The zero-order chi connectivity index (χ0) is 15.4. The lowest BCUT2D eigenvalue weighted by atomic mass is 10.2. The van der Waals surface area contributed by atoms with E-state index in [-0.39, 0.29) is 12.5 Å². The summed E-state index contributed by atoms with van der Waals surface area (Å²) < 4.78 is 1.23. The monoisotopic (exact) mass is 289 g/mol. The molecule has 0 aliphatic carbocycles. The number of nitrogens with one attached hydrogen (secondary N) is 1. The smallest absolute Gasteiger partial charge is 0.325 e. The number of anilines is 2. The van der Waals surface area contributed by atoms with Crippen molar-refractivity contribution in [2.45, 2.75) is 6.54 Å². The summed E-state index contributed by atoms with van der Waals surface area (Å²) in [5.41, 5.74) is 0.838. The van der Waals surface area contributed by atoms with E-state index in [9.17, 15) is 9.59 Å². The molecule has 2 aromatic rings. The third kappa shape index (κ3) is 3.78. The fourth-order valence-electron chi connectivity index (χ4n) is 1.64. The van der Waals surface area contributed by atoms with Crippen LogP contribution in [0.4, 0.5) is 11.5 Å². The molecule has 1 amide bonds. The van der Waals surface area contributed by atoms with Gasteiger partial charge in [0.15, 0.2) is 0 Å². The second kappa shape index (κ2) is 6.04. The Morgan fingerprint density at radius 1 is 1.33 bits per heavy atom. The Labute approximate surface area is 121 Å². The summed E-state index contributed by atoms with van der Waals surface area (Å²) in [5, 5.41) is 15.1. The van der Waals surface area contributed by atoms with Gasteiger partial charge < -0.3 is 15.3 Å². The highest BCUT2D eigenvalue weighted by Gasteiger charge is 2.09. The van der Waals surface area contributed by atoms with Gasteiger partial charge in [0, 0.05) is 26.5 Å². The molecule has 0 saturated heterocycles. The third-order valence-corrected chi connectivity index (χ3v) is 2.66. The molecule has 2 heterocycles. The molecule has 2 N–H and O–H groups in total. The Morgan fingerprint density at radius 3 is 2.67 bits per heavy atom. The Kier molecular flexibility index (Phi) is 4.17. The van der Waals surface area contributed by atoms with E-state index in [2.05, 4.69) is 15.4 Å². The number of hydrogen-bond donors (Lipinski definition) is 2. The minimum Gasteiger partial charge on any atom is -0.480 e. The summed E-state index contributed by atoms with van der Waals surface area (Å²) in [6, 6.07) is 3.40. The molecule has 21 heavy (non-hydrogen) atoms. The van der Waals surface area contributed by atoms with Crippen molar-refractivity contribution >= 4 is 23.4 Å². The van der Waals surface area contributed by atoms with Crippen LogP contribution in [0.2, 0.25) is 0 Å². The third-order valence-electron chi connectivity index (χ3n) is 2.66. The van der Waals surface area contributed by atoms with Crippen LogP contribution in [0.15, 0.2) is 30.7 Å². The first-order chi connectivity index (χ1) is 9.95. The molecular weight excluding hydrogens is 274 g/mol. The molecule has 0 aromatic carbocycles. The van der Waals surface area contributed by atoms with Crippen molar-refractivity contribution in [2.24, 2.45) is 0 Å². The number of pyridine rings is 1. The maximum atomic E-state index is 12.0. The second-order valence-electron chi connectivity index (χ2n) is 4.57. The zero-order valence-electron chi connectivity index (χ0n) is 11.6. The molecule has 0 atom stereocenters. The number of carboxylic acids is 1. The van der Waals surface area contributed by atoms with Gasteiger partial charge in [0.2, 0.25) is 0 Å². The van der Waals surface area contributed by atoms with E-state index in [1.165, 1.54) is 23.3 Å². The van der Waals surface area contributed by atoms with Crippen LogP contribution in [0.25, 0.3) is 0 Å². The first kappa shape index (κ1) is 14.5. The van der Waals surface area contributed by atoms with Crippen molar-refractivity contribution in [3.05, 3.63) is 36.3 Å². The number of carbonyl (C=O) groups excluding carboxylic acids is 1. The van der Waals surface area contributed by atoms with Crippen LogP contribution in [-0.4, -0.2) is 45.8 Å². The number of aliphatic carboxylic acids is 1. The van der Waals surface area contributed by atoms with Gasteiger partial charge in [-0.3, -0.25) is 14.3 Å². The molecule has 0 fully saturated rings. The van der Waals surface area contributed by atoms with Crippen molar-refractivity contribution in [3.63, 3.8) is 0 Å².